The van der Waals surface area contributed by atoms with Crippen molar-refractivity contribution in [3.63, 3.8) is 0 Å². The molecular weight excluding hydrogens is 324 g/mol. The molecule has 0 aliphatic carbocycles. The average molecular weight is 342 g/mol. The highest BCUT2D eigenvalue weighted by molar-refractivity contribution is 8.76. The molecule has 0 radical (unpaired) electrons. The third kappa shape index (κ3) is 7.88. The number of nitrogens with two attached hydrogens (primary N) is 1. The van der Waals surface area contributed by atoms with E-state index in [0.29, 0.717) is 0 Å². The van der Waals surface area contributed by atoms with E-state index in [0.717, 1.165) is 21.6 Å². The van der Waals surface area contributed by atoms with Gasteiger partial charge in [-0.3, -0.25) is 9.59 Å². The number of carboxylic acid groups (broad SMARTS) is 2. The topological polar surface area (TPSA) is 130 Å². The van der Waals surface area contributed by atoms with Gasteiger partial charge >= 0.3 is 11.9 Å². The molecule has 0 bridgehead atoms. The molecule has 0 saturated carbocycles. The first-order valence-electron chi connectivity index (χ1n) is 5.54. The van der Waals surface area contributed by atoms with Crippen LogP contribution >= 0.6 is 34.2 Å². The number of carboxylic acids is 2. The Balaban J connectivity index is 4.21. The predicted molar refractivity (Wildman–Crippen MR) is 83.2 cm³/mol. The Hall–Kier alpha value is -0.580. The van der Waals surface area contributed by atoms with E-state index in [-0.39, 0.29) is 11.5 Å². The van der Waals surface area contributed by atoms with Gasteiger partial charge in [0.05, 0.1) is 4.75 Å². The normalized spacial score (nSPS) is 14.4. The molecule has 0 aromatic rings. The van der Waals surface area contributed by atoms with Crippen LogP contribution in [0.3, 0.4) is 0 Å². The fourth-order valence-corrected chi connectivity index (χ4v) is 3.15. The molecule has 20 heavy (non-hydrogen) atoms. The van der Waals surface area contributed by atoms with Crippen LogP contribution < -0.4 is 11.1 Å². The number of hydrogen-bond donors (Lipinski definition) is 5. The number of carbonyl (C=O) groups is 3. The first kappa shape index (κ1) is 19.4. The lowest BCUT2D eigenvalue weighted by Crippen LogP contribution is -2.48. The van der Waals surface area contributed by atoms with E-state index in [9.17, 15) is 14.4 Å². The van der Waals surface area contributed by atoms with Crippen molar-refractivity contribution < 1.29 is 24.6 Å². The molecule has 0 rings (SSSR count). The minimum absolute atomic E-state index is 0.0991. The molecule has 1 unspecified atom stereocenters. The molecule has 10 heteroatoms. The number of rotatable bonds is 9. The van der Waals surface area contributed by atoms with Gasteiger partial charge in [-0.1, -0.05) is 21.6 Å². The van der Waals surface area contributed by atoms with Crippen LogP contribution in [-0.4, -0.2) is 56.4 Å². The van der Waals surface area contributed by atoms with E-state index in [4.69, 9.17) is 15.9 Å². The summed E-state index contributed by atoms with van der Waals surface area (Å²) in [6.07, 6.45) is 0. The number of aliphatic carboxylic acids is 2. The molecule has 2 atom stereocenters. The van der Waals surface area contributed by atoms with Crippen molar-refractivity contribution in [3.8, 4) is 0 Å². The van der Waals surface area contributed by atoms with Crippen molar-refractivity contribution in [3.05, 3.63) is 0 Å². The van der Waals surface area contributed by atoms with Crippen molar-refractivity contribution in [2.24, 2.45) is 5.73 Å². The SMILES string of the molecule is CC(C)(S)C(=O)N[C@@H](CSSCC(N)C(=O)O)C(=O)O. The zero-order valence-electron chi connectivity index (χ0n) is 11.0. The Bertz CT molecular complexity index is 372. The highest BCUT2D eigenvalue weighted by Gasteiger charge is 2.28. The van der Waals surface area contributed by atoms with Crippen LogP contribution in [-0.2, 0) is 14.4 Å². The standard InChI is InChI=1S/C10H18N2O5S3/c1-10(2,18)9(17)12-6(8(15)16)4-20-19-3-5(11)7(13)14/h5-6,18H,3-4,11H2,1-2H3,(H,12,17)(H,13,14)(H,15,16)/t5?,6-/m0/s1. The van der Waals surface area contributed by atoms with Crippen LogP contribution in [0.2, 0.25) is 0 Å². The van der Waals surface area contributed by atoms with E-state index in [1.54, 1.807) is 13.8 Å². The van der Waals surface area contributed by atoms with Gasteiger partial charge in [0.1, 0.15) is 12.1 Å². The lowest BCUT2D eigenvalue weighted by Gasteiger charge is -2.21. The van der Waals surface area contributed by atoms with Gasteiger partial charge in [0.2, 0.25) is 5.91 Å². The van der Waals surface area contributed by atoms with Crippen LogP contribution in [0.4, 0.5) is 0 Å². The van der Waals surface area contributed by atoms with Crippen molar-refractivity contribution in [2.75, 3.05) is 11.5 Å². The van der Waals surface area contributed by atoms with E-state index < -0.39 is 34.7 Å². The quantitative estimate of drug-likeness (QED) is 0.226. The Morgan fingerprint density at radius 1 is 1.20 bits per heavy atom. The summed E-state index contributed by atoms with van der Waals surface area (Å²) in [6.45, 7) is 3.11. The van der Waals surface area contributed by atoms with Gasteiger partial charge < -0.3 is 21.3 Å². The van der Waals surface area contributed by atoms with Gasteiger partial charge in [0, 0.05) is 11.5 Å². The molecule has 0 heterocycles. The monoisotopic (exact) mass is 342 g/mol. The minimum Gasteiger partial charge on any atom is -0.480 e. The van der Waals surface area contributed by atoms with Crippen molar-refractivity contribution in [1.29, 1.82) is 0 Å². The first-order chi connectivity index (χ1) is 9.05. The van der Waals surface area contributed by atoms with Crippen LogP contribution in [0, 0.1) is 0 Å². The third-order valence-electron chi connectivity index (χ3n) is 2.04. The summed E-state index contributed by atoms with van der Waals surface area (Å²) in [5.74, 6) is -2.51. The second-order valence-corrected chi connectivity index (χ2v) is 8.11. The van der Waals surface area contributed by atoms with Gasteiger partial charge in [-0.2, -0.15) is 12.6 Å². The van der Waals surface area contributed by atoms with Gasteiger partial charge in [-0.05, 0) is 13.8 Å². The molecule has 0 aliphatic rings. The number of nitrogens with one attached hydrogen (secondary N) is 1. The largest absolute Gasteiger partial charge is 0.480 e. The molecule has 0 saturated heterocycles. The van der Waals surface area contributed by atoms with Crippen LogP contribution in [0.15, 0.2) is 0 Å². The van der Waals surface area contributed by atoms with Gasteiger partial charge in [0.15, 0.2) is 0 Å². The average Bonchev–Trinajstić information content (AvgIpc) is 2.30. The predicted octanol–water partition coefficient (Wildman–Crippen LogP) is 0.0575. The second-order valence-electron chi connectivity index (χ2n) is 4.44. The summed E-state index contributed by atoms with van der Waals surface area (Å²) in [5.41, 5.74) is 5.30. The molecule has 5 N–H and O–H groups in total. The number of thiol groups is 1. The van der Waals surface area contributed by atoms with Crippen LogP contribution in [0.1, 0.15) is 13.8 Å². The van der Waals surface area contributed by atoms with E-state index >= 15 is 0 Å². The number of carbonyl (C=O) groups excluding carboxylic acids is 1. The van der Waals surface area contributed by atoms with Crippen molar-refractivity contribution >= 4 is 52.1 Å². The van der Waals surface area contributed by atoms with E-state index in [1.807, 2.05) is 0 Å². The van der Waals surface area contributed by atoms with E-state index in [1.165, 1.54) is 0 Å². The molecule has 0 aromatic carbocycles. The Morgan fingerprint density at radius 2 is 1.70 bits per heavy atom. The summed E-state index contributed by atoms with van der Waals surface area (Å²) in [5, 5.41) is 20.0. The highest BCUT2D eigenvalue weighted by Crippen LogP contribution is 2.23. The minimum atomic E-state index is -1.16. The summed E-state index contributed by atoms with van der Waals surface area (Å²) in [7, 11) is 2.29. The fraction of sp³-hybridized carbons (Fsp3) is 0.700. The summed E-state index contributed by atoms with van der Waals surface area (Å²) >= 11 is 4.05. The summed E-state index contributed by atoms with van der Waals surface area (Å²) in [4.78, 5) is 33.1. The second kappa shape index (κ2) is 8.65. The van der Waals surface area contributed by atoms with E-state index in [2.05, 4.69) is 17.9 Å². The molecule has 7 nitrogen and oxygen atoms in total. The molecular formula is C10H18N2O5S3. The zero-order chi connectivity index (χ0) is 15.9. The number of hydrogen-bond acceptors (Lipinski definition) is 7. The lowest BCUT2D eigenvalue weighted by molar-refractivity contribution is -0.141. The molecule has 1 amide bonds. The molecule has 0 aromatic heterocycles. The Morgan fingerprint density at radius 3 is 2.10 bits per heavy atom. The molecule has 0 fully saturated rings. The highest BCUT2D eigenvalue weighted by atomic mass is 33.1. The van der Waals surface area contributed by atoms with Crippen molar-refractivity contribution in [2.45, 2.75) is 30.7 Å². The Kier molecular flexibility index (Phi) is 8.40. The summed E-state index contributed by atoms with van der Waals surface area (Å²) in [6, 6.07) is -2.06. The molecule has 0 aliphatic heterocycles. The Labute approximate surface area is 130 Å². The third-order valence-corrected chi connectivity index (χ3v) is 4.69. The summed E-state index contributed by atoms with van der Waals surface area (Å²) < 4.78 is -0.975. The molecule has 0 spiro atoms. The maximum absolute atomic E-state index is 11.6. The first-order valence-corrected chi connectivity index (χ1v) is 8.48. The van der Waals surface area contributed by atoms with Gasteiger partial charge in [-0.25, -0.2) is 4.79 Å². The maximum Gasteiger partial charge on any atom is 0.327 e. The van der Waals surface area contributed by atoms with Crippen LogP contribution in [0.5, 0.6) is 0 Å². The maximum atomic E-state index is 11.6. The van der Waals surface area contributed by atoms with Gasteiger partial charge in [0.25, 0.3) is 0 Å². The zero-order valence-corrected chi connectivity index (χ0v) is 13.6. The van der Waals surface area contributed by atoms with Crippen molar-refractivity contribution in [1.82, 2.24) is 5.32 Å². The molecule has 116 valence electrons. The number of amides is 1. The lowest BCUT2D eigenvalue weighted by atomic mass is 10.2. The van der Waals surface area contributed by atoms with Crippen LogP contribution in [0.25, 0.3) is 0 Å². The smallest absolute Gasteiger partial charge is 0.327 e. The van der Waals surface area contributed by atoms with Gasteiger partial charge in [-0.15, -0.1) is 0 Å². The fourth-order valence-electron chi connectivity index (χ4n) is 0.818.